The summed E-state index contributed by atoms with van der Waals surface area (Å²) < 4.78 is 13.2. The number of anilines is 1. The number of pyridine rings is 1. The Kier molecular flexibility index (Phi) is 2.46. The van der Waals surface area contributed by atoms with Crippen LogP contribution in [0.25, 0.3) is 10.9 Å². The van der Waals surface area contributed by atoms with Crippen LogP contribution >= 0.6 is 0 Å². The first-order chi connectivity index (χ1) is 8.25. The van der Waals surface area contributed by atoms with Gasteiger partial charge < -0.3 is 5.73 Å². The van der Waals surface area contributed by atoms with Crippen molar-refractivity contribution in [2.24, 2.45) is 0 Å². The number of hydrogen-bond acceptors (Lipinski definition) is 2. The smallest absolute Gasteiger partial charge is 0.124 e. The lowest BCUT2D eigenvalue weighted by Gasteiger charge is -2.11. The molecule has 17 heavy (non-hydrogen) atoms. The van der Waals surface area contributed by atoms with Gasteiger partial charge in [0, 0.05) is 16.8 Å². The lowest BCUT2D eigenvalue weighted by atomic mass is 10.0. The molecule has 3 heteroatoms. The molecule has 88 valence electrons. The molecule has 0 aliphatic heterocycles. The predicted molar refractivity (Wildman–Crippen MR) is 67.4 cm³/mol. The molecule has 2 aromatic rings. The number of nitrogen functional groups attached to an aromatic ring is 1. The van der Waals surface area contributed by atoms with E-state index in [1.54, 1.807) is 6.07 Å². The highest BCUT2D eigenvalue weighted by molar-refractivity contribution is 5.92. The largest absolute Gasteiger partial charge is 0.398 e. The predicted octanol–water partition coefficient (Wildman–Crippen LogP) is 3.23. The maximum Gasteiger partial charge on any atom is 0.124 e. The van der Waals surface area contributed by atoms with Crippen LogP contribution < -0.4 is 5.73 Å². The molecule has 0 amide bonds. The Bertz CT molecular complexity index is 578. The quantitative estimate of drug-likeness (QED) is 0.706. The van der Waals surface area contributed by atoms with Gasteiger partial charge in [0.1, 0.15) is 5.82 Å². The van der Waals surface area contributed by atoms with E-state index in [9.17, 15) is 4.39 Å². The molecule has 3 rings (SSSR count). The Labute approximate surface area is 99.7 Å². The van der Waals surface area contributed by atoms with Crippen LogP contribution in [0.15, 0.2) is 18.2 Å². The molecular formula is C14H15FN2. The summed E-state index contributed by atoms with van der Waals surface area (Å²) in [6.07, 6.45) is 5.51. The molecule has 1 aliphatic carbocycles. The van der Waals surface area contributed by atoms with Crippen LogP contribution in [0.5, 0.6) is 0 Å². The summed E-state index contributed by atoms with van der Waals surface area (Å²) in [4.78, 5) is 4.63. The van der Waals surface area contributed by atoms with Crippen LogP contribution in [-0.4, -0.2) is 4.98 Å². The summed E-state index contributed by atoms with van der Waals surface area (Å²) in [5.74, 6) is -0.250. The minimum Gasteiger partial charge on any atom is -0.398 e. The lowest BCUT2D eigenvalue weighted by molar-refractivity contribution is 0.629. The van der Waals surface area contributed by atoms with Gasteiger partial charge in [0.05, 0.1) is 5.52 Å². The first-order valence-electron chi connectivity index (χ1n) is 6.12. The van der Waals surface area contributed by atoms with Crippen molar-refractivity contribution in [2.75, 3.05) is 5.73 Å². The number of hydrogen-bond donors (Lipinski definition) is 1. The number of nitrogens with two attached hydrogens (primary N) is 1. The van der Waals surface area contributed by atoms with Gasteiger partial charge in [0.15, 0.2) is 0 Å². The fourth-order valence-electron chi connectivity index (χ4n) is 2.61. The van der Waals surface area contributed by atoms with E-state index < -0.39 is 0 Å². The van der Waals surface area contributed by atoms with Crippen LogP contribution in [0.4, 0.5) is 10.1 Å². The Morgan fingerprint density at radius 1 is 1.12 bits per heavy atom. The van der Waals surface area contributed by atoms with Crippen molar-refractivity contribution >= 4 is 16.6 Å². The molecule has 0 atom stereocenters. The Morgan fingerprint density at radius 2 is 1.94 bits per heavy atom. The van der Waals surface area contributed by atoms with E-state index in [0.29, 0.717) is 0 Å². The van der Waals surface area contributed by atoms with Crippen molar-refractivity contribution in [1.82, 2.24) is 4.98 Å². The van der Waals surface area contributed by atoms with Crippen LogP contribution in [0.1, 0.15) is 30.5 Å². The number of fused-ring (bicyclic) bond motifs is 2. The highest BCUT2D eigenvalue weighted by Gasteiger charge is 2.15. The maximum absolute atomic E-state index is 13.2. The highest BCUT2D eigenvalue weighted by Crippen LogP contribution is 2.30. The van der Waals surface area contributed by atoms with Gasteiger partial charge in [-0.1, -0.05) is 6.42 Å². The molecule has 2 N–H and O–H groups in total. The zero-order valence-electron chi connectivity index (χ0n) is 9.67. The molecule has 1 heterocycles. The molecule has 1 aromatic carbocycles. The third-order valence-corrected chi connectivity index (χ3v) is 3.52. The zero-order chi connectivity index (χ0) is 11.8. The Morgan fingerprint density at radius 3 is 2.82 bits per heavy atom. The lowest BCUT2D eigenvalue weighted by Crippen LogP contribution is -2.03. The second-order valence-electron chi connectivity index (χ2n) is 4.67. The van der Waals surface area contributed by atoms with E-state index in [0.717, 1.165) is 47.1 Å². The van der Waals surface area contributed by atoms with Gasteiger partial charge in [-0.25, -0.2) is 4.39 Å². The van der Waals surface area contributed by atoms with Crippen LogP contribution in [-0.2, 0) is 12.8 Å². The molecule has 0 fully saturated rings. The van der Waals surface area contributed by atoms with Crippen molar-refractivity contribution in [3.8, 4) is 0 Å². The van der Waals surface area contributed by atoms with Gasteiger partial charge in [0.25, 0.3) is 0 Å². The third-order valence-electron chi connectivity index (χ3n) is 3.52. The fourth-order valence-corrected chi connectivity index (χ4v) is 2.61. The highest BCUT2D eigenvalue weighted by atomic mass is 19.1. The van der Waals surface area contributed by atoms with Gasteiger partial charge in [0.2, 0.25) is 0 Å². The average Bonchev–Trinajstić information content (AvgIpc) is 2.56. The first kappa shape index (κ1) is 10.5. The number of aryl methyl sites for hydroxylation is 1. The van der Waals surface area contributed by atoms with Gasteiger partial charge in [-0.2, -0.15) is 0 Å². The van der Waals surface area contributed by atoms with Crippen LogP contribution in [0.2, 0.25) is 0 Å². The summed E-state index contributed by atoms with van der Waals surface area (Å²) in [6.45, 7) is 0. The third kappa shape index (κ3) is 1.75. The maximum atomic E-state index is 13.2. The molecule has 0 bridgehead atoms. The molecule has 1 aromatic heterocycles. The van der Waals surface area contributed by atoms with Crippen molar-refractivity contribution in [2.45, 2.75) is 32.1 Å². The standard InChI is InChI=1S/C14H15FN2/c15-9-6-7-13-11(8-9)14(16)10-4-2-1-3-5-12(10)17-13/h6-8H,1-5H2,(H2,16,17). The second-order valence-corrected chi connectivity index (χ2v) is 4.67. The molecule has 2 nitrogen and oxygen atoms in total. The number of rotatable bonds is 0. The van der Waals surface area contributed by atoms with Gasteiger partial charge >= 0.3 is 0 Å². The minimum absolute atomic E-state index is 0.250. The topological polar surface area (TPSA) is 38.9 Å². The molecule has 0 spiro atoms. The Hall–Kier alpha value is -1.64. The summed E-state index contributed by atoms with van der Waals surface area (Å²) in [7, 11) is 0. The fraction of sp³-hybridized carbons (Fsp3) is 0.357. The van der Waals surface area contributed by atoms with E-state index >= 15 is 0 Å². The molecule has 0 saturated carbocycles. The minimum atomic E-state index is -0.250. The van der Waals surface area contributed by atoms with Crippen molar-refractivity contribution in [1.29, 1.82) is 0 Å². The first-order valence-corrected chi connectivity index (χ1v) is 6.12. The monoisotopic (exact) mass is 230 g/mol. The molecule has 0 unspecified atom stereocenters. The summed E-state index contributed by atoms with van der Waals surface area (Å²) in [6, 6.07) is 4.65. The van der Waals surface area contributed by atoms with Crippen molar-refractivity contribution in [3.63, 3.8) is 0 Å². The van der Waals surface area contributed by atoms with Gasteiger partial charge in [-0.15, -0.1) is 0 Å². The van der Waals surface area contributed by atoms with E-state index in [-0.39, 0.29) is 5.82 Å². The van der Waals surface area contributed by atoms with E-state index in [4.69, 9.17) is 5.73 Å². The number of benzene rings is 1. The van der Waals surface area contributed by atoms with Crippen LogP contribution in [0.3, 0.4) is 0 Å². The second kappa shape index (κ2) is 3.99. The number of aromatic nitrogens is 1. The normalized spacial score (nSPS) is 15.6. The van der Waals surface area contributed by atoms with Gasteiger partial charge in [-0.05, 0) is 49.4 Å². The number of halogens is 1. The van der Waals surface area contributed by atoms with Crippen molar-refractivity contribution in [3.05, 3.63) is 35.3 Å². The molecule has 1 aliphatic rings. The van der Waals surface area contributed by atoms with E-state index in [1.165, 1.54) is 25.0 Å². The summed E-state index contributed by atoms with van der Waals surface area (Å²) in [5.41, 5.74) is 9.96. The van der Waals surface area contributed by atoms with Crippen LogP contribution in [0, 0.1) is 5.82 Å². The zero-order valence-corrected chi connectivity index (χ0v) is 9.67. The molecule has 0 saturated heterocycles. The average molecular weight is 230 g/mol. The number of nitrogens with zero attached hydrogens (tertiary/aromatic N) is 1. The summed E-state index contributed by atoms with van der Waals surface area (Å²) >= 11 is 0. The Balaban J connectivity index is 2.29. The van der Waals surface area contributed by atoms with Crippen molar-refractivity contribution < 1.29 is 4.39 Å². The van der Waals surface area contributed by atoms with Gasteiger partial charge in [-0.3, -0.25) is 4.98 Å². The SMILES string of the molecule is Nc1c2c(nc3ccc(F)cc13)CCCCC2. The summed E-state index contributed by atoms with van der Waals surface area (Å²) in [5, 5.41) is 0.755. The molecular weight excluding hydrogens is 215 g/mol. The molecule has 0 radical (unpaired) electrons. The van der Waals surface area contributed by atoms with E-state index in [1.807, 2.05) is 0 Å². The van der Waals surface area contributed by atoms with E-state index in [2.05, 4.69) is 4.98 Å².